The van der Waals surface area contributed by atoms with Gasteiger partial charge in [-0.05, 0) is 19.1 Å². The molecule has 2 amide bonds. The quantitative estimate of drug-likeness (QED) is 0.838. The zero-order valence-corrected chi connectivity index (χ0v) is 11.3. The Kier molecular flexibility index (Phi) is 4.21. The molecule has 1 fully saturated rings. The molecule has 0 aliphatic carbocycles. The van der Waals surface area contributed by atoms with Gasteiger partial charge >= 0.3 is 12.0 Å². The molecule has 2 N–H and O–H groups in total. The Morgan fingerprint density at radius 2 is 2.00 bits per heavy atom. The lowest BCUT2D eigenvalue weighted by atomic mass is 9.88. The fraction of sp³-hybridized carbons (Fsp3) is 0.286. The highest BCUT2D eigenvalue weighted by Crippen LogP contribution is 2.33. The molecule has 0 spiro atoms. The van der Waals surface area contributed by atoms with Crippen molar-refractivity contribution >= 4 is 12.0 Å². The first kappa shape index (κ1) is 15.0. The number of halogens is 2. The Labute approximate surface area is 120 Å². The standard InChI is InChI=1S/C14H14F2N2O3/c1-3-21-13(19)10-7(2)17-14(20)18-12(10)11-8(15)5-4-6-9(11)16/h4-6,10,12H,2-3H2,1H3,(H2,17,18,20)/t10-,12-/m1/s1. The number of carbonyl (C=O) groups is 2. The molecule has 0 saturated carbocycles. The minimum atomic E-state index is -1.22. The predicted octanol–water partition coefficient (Wildman–Crippen LogP) is 2.01. The van der Waals surface area contributed by atoms with Crippen LogP contribution in [-0.2, 0) is 9.53 Å². The summed E-state index contributed by atoms with van der Waals surface area (Å²) in [6, 6.07) is 1.40. The predicted molar refractivity (Wildman–Crippen MR) is 70.0 cm³/mol. The van der Waals surface area contributed by atoms with Crippen LogP contribution in [0.4, 0.5) is 13.6 Å². The maximum atomic E-state index is 13.9. The van der Waals surface area contributed by atoms with Crippen molar-refractivity contribution in [2.24, 2.45) is 5.92 Å². The molecule has 1 heterocycles. The number of urea groups is 1. The summed E-state index contributed by atoms with van der Waals surface area (Å²) in [6.07, 6.45) is 0. The smallest absolute Gasteiger partial charge is 0.319 e. The maximum Gasteiger partial charge on any atom is 0.319 e. The van der Waals surface area contributed by atoms with Crippen molar-refractivity contribution in [2.75, 3.05) is 6.61 Å². The number of carbonyl (C=O) groups excluding carboxylic acids is 2. The van der Waals surface area contributed by atoms with E-state index in [0.717, 1.165) is 12.1 Å². The molecule has 1 aromatic rings. The van der Waals surface area contributed by atoms with Gasteiger partial charge in [0.15, 0.2) is 0 Å². The summed E-state index contributed by atoms with van der Waals surface area (Å²) in [4.78, 5) is 23.5. The minimum Gasteiger partial charge on any atom is -0.465 e. The molecule has 2 rings (SSSR count). The number of benzene rings is 1. The first-order valence-electron chi connectivity index (χ1n) is 6.32. The number of amides is 2. The highest BCUT2D eigenvalue weighted by atomic mass is 19.1. The number of esters is 1. The van der Waals surface area contributed by atoms with Crippen molar-refractivity contribution in [2.45, 2.75) is 13.0 Å². The average Bonchev–Trinajstić information content (AvgIpc) is 2.37. The van der Waals surface area contributed by atoms with E-state index in [-0.39, 0.29) is 12.3 Å². The fourth-order valence-electron chi connectivity index (χ4n) is 2.24. The van der Waals surface area contributed by atoms with Crippen LogP contribution >= 0.6 is 0 Å². The van der Waals surface area contributed by atoms with Gasteiger partial charge in [0.05, 0.1) is 12.6 Å². The number of ether oxygens (including phenoxy) is 1. The zero-order valence-electron chi connectivity index (χ0n) is 11.3. The highest BCUT2D eigenvalue weighted by Gasteiger charge is 2.41. The Hall–Kier alpha value is -2.44. The van der Waals surface area contributed by atoms with Gasteiger partial charge in [-0.15, -0.1) is 0 Å². The van der Waals surface area contributed by atoms with Crippen LogP contribution in [0.2, 0.25) is 0 Å². The molecular formula is C14H14F2N2O3. The first-order valence-corrected chi connectivity index (χ1v) is 6.32. The van der Waals surface area contributed by atoms with Crippen LogP contribution < -0.4 is 10.6 Å². The lowest BCUT2D eigenvalue weighted by Gasteiger charge is -2.33. The second-order valence-electron chi connectivity index (χ2n) is 4.47. The molecule has 1 aromatic carbocycles. The van der Waals surface area contributed by atoms with Crippen LogP contribution in [-0.4, -0.2) is 18.6 Å². The van der Waals surface area contributed by atoms with E-state index in [2.05, 4.69) is 17.2 Å². The summed E-state index contributed by atoms with van der Waals surface area (Å²) in [7, 11) is 0. The Morgan fingerprint density at radius 3 is 2.57 bits per heavy atom. The molecule has 0 radical (unpaired) electrons. The second-order valence-corrected chi connectivity index (χ2v) is 4.47. The molecule has 0 aromatic heterocycles. The van der Waals surface area contributed by atoms with Crippen LogP contribution in [0.25, 0.3) is 0 Å². The lowest BCUT2D eigenvalue weighted by molar-refractivity contribution is -0.147. The monoisotopic (exact) mass is 296 g/mol. The molecule has 2 atom stereocenters. The summed E-state index contributed by atoms with van der Waals surface area (Å²) >= 11 is 0. The SMILES string of the molecule is C=C1NC(=O)N[C@@H](c2c(F)cccc2F)[C@@H]1C(=O)OCC. The molecule has 1 saturated heterocycles. The van der Waals surface area contributed by atoms with Gasteiger partial charge in [0, 0.05) is 11.3 Å². The van der Waals surface area contributed by atoms with Gasteiger partial charge in [-0.3, -0.25) is 4.79 Å². The topological polar surface area (TPSA) is 67.4 Å². The van der Waals surface area contributed by atoms with Crippen molar-refractivity contribution < 1.29 is 23.1 Å². The normalized spacial score (nSPS) is 21.5. The van der Waals surface area contributed by atoms with E-state index in [1.807, 2.05) is 0 Å². The molecule has 7 heteroatoms. The van der Waals surface area contributed by atoms with E-state index in [1.54, 1.807) is 6.92 Å². The maximum absolute atomic E-state index is 13.9. The van der Waals surface area contributed by atoms with Gasteiger partial charge in [0.25, 0.3) is 0 Å². The van der Waals surface area contributed by atoms with E-state index in [1.165, 1.54) is 6.07 Å². The third-order valence-electron chi connectivity index (χ3n) is 3.12. The molecular weight excluding hydrogens is 282 g/mol. The molecule has 5 nitrogen and oxygen atoms in total. The molecule has 112 valence electrons. The van der Waals surface area contributed by atoms with Gasteiger partial charge in [0.1, 0.15) is 17.6 Å². The molecule has 0 unspecified atom stereocenters. The van der Waals surface area contributed by atoms with Crippen molar-refractivity contribution in [1.29, 1.82) is 0 Å². The van der Waals surface area contributed by atoms with Crippen molar-refractivity contribution in [1.82, 2.24) is 10.6 Å². The van der Waals surface area contributed by atoms with Gasteiger partial charge < -0.3 is 15.4 Å². The van der Waals surface area contributed by atoms with Gasteiger partial charge in [0.2, 0.25) is 0 Å². The largest absolute Gasteiger partial charge is 0.465 e. The van der Waals surface area contributed by atoms with Gasteiger partial charge in [-0.25, -0.2) is 13.6 Å². The second kappa shape index (κ2) is 5.90. The molecule has 1 aliphatic heterocycles. The van der Waals surface area contributed by atoms with Crippen LogP contribution in [0.5, 0.6) is 0 Å². The van der Waals surface area contributed by atoms with Crippen molar-refractivity contribution in [3.05, 3.63) is 47.7 Å². The number of hydrogen-bond acceptors (Lipinski definition) is 3. The third kappa shape index (κ3) is 2.86. The molecule has 0 bridgehead atoms. The number of nitrogens with one attached hydrogen (secondary N) is 2. The summed E-state index contributed by atoms with van der Waals surface area (Å²) in [6.45, 7) is 5.27. The van der Waals surface area contributed by atoms with Crippen LogP contribution in [0.15, 0.2) is 30.5 Å². The number of rotatable bonds is 3. The Balaban J connectivity index is 2.47. The first-order chi connectivity index (χ1) is 9.95. The van der Waals surface area contributed by atoms with Crippen LogP contribution in [0.1, 0.15) is 18.5 Å². The van der Waals surface area contributed by atoms with E-state index in [4.69, 9.17) is 4.74 Å². The average molecular weight is 296 g/mol. The van der Waals surface area contributed by atoms with Gasteiger partial charge in [-0.2, -0.15) is 0 Å². The van der Waals surface area contributed by atoms with Crippen LogP contribution in [0.3, 0.4) is 0 Å². The molecule has 21 heavy (non-hydrogen) atoms. The third-order valence-corrected chi connectivity index (χ3v) is 3.12. The van der Waals surface area contributed by atoms with E-state index in [0.29, 0.717) is 0 Å². The summed E-state index contributed by atoms with van der Waals surface area (Å²) in [5.74, 6) is -3.55. The fourth-order valence-corrected chi connectivity index (χ4v) is 2.24. The van der Waals surface area contributed by atoms with Crippen molar-refractivity contribution in [3.63, 3.8) is 0 Å². The zero-order chi connectivity index (χ0) is 15.6. The summed E-state index contributed by atoms with van der Waals surface area (Å²) in [5.41, 5.74) is -0.364. The highest BCUT2D eigenvalue weighted by molar-refractivity contribution is 5.85. The van der Waals surface area contributed by atoms with Gasteiger partial charge in [-0.1, -0.05) is 12.6 Å². The Morgan fingerprint density at radius 1 is 1.38 bits per heavy atom. The summed E-state index contributed by atoms with van der Waals surface area (Å²) in [5, 5.41) is 4.66. The minimum absolute atomic E-state index is 0.0323. The Bertz CT molecular complexity index is 584. The summed E-state index contributed by atoms with van der Waals surface area (Å²) < 4.78 is 32.7. The van der Waals surface area contributed by atoms with E-state index < -0.39 is 41.2 Å². The lowest BCUT2D eigenvalue weighted by Crippen LogP contribution is -2.51. The van der Waals surface area contributed by atoms with Crippen LogP contribution in [0, 0.1) is 17.6 Å². The van der Waals surface area contributed by atoms with E-state index in [9.17, 15) is 18.4 Å². The number of hydrogen-bond donors (Lipinski definition) is 2. The molecule has 1 aliphatic rings. The van der Waals surface area contributed by atoms with E-state index >= 15 is 0 Å². The van der Waals surface area contributed by atoms with Crippen molar-refractivity contribution in [3.8, 4) is 0 Å².